The molecule has 2 aromatic carbocycles. The van der Waals surface area contributed by atoms with Gasteiger partial charge in [-0.15, -0.1) is 0 Å². The van der Waals surface area contributed by atoms with Crippen molar-refractivity contribution >= 4 is 27.9 Å². The summed E-state index contributed by atoms with van der Waals surface area (Å²) in [5, 5.41) is 20.8. The molecule has 118 valence electrons. The molecule has 0 atom stereocenters. The van der Waals surface area contributed by atoms with Crippen LogP contribution in [0.3, 0.4) is 0 Å². The number of rotatable bonds is 3. The Bertz CT molecular complexity index is 1020. The summed E-state index contributed by atoms with van der Waals surface area (Å²) in [7, 11) is 0. The largest absolute Gasteiger partial charge is 0.320 e. The smallest absolute Gasteiger partial charge is 0.270 e. The maximum Gasteiger partial charge on any atom is 0.270 e. The summed E-state index contributed by atoms with van der Waals surface area (Å²) in [6, 6.07) is 16.3. The number of nitrogens with zero attached hydrogens (tertiary/aromatic N) is 3. The van der Waals surface area contributed by atoms with Crippen molar-refractivity contribution in [2.45, 2.75) is 13.8 Å². The number of nitriles is 1. The van der Waals surface area contributed by atoms with E-state index in [1.54, 1.807) is 18.2 Å². The lowest BCUT2D eigenvalue weighted by Crippen LogP contribution is -1.95. The van der Waals surface area contributed by atoms with Crippen molar-refractivity contribution in [2.75, 3.05) is 0 Å². The van der Waals surface area contributed by atoms with Crippen LogP contribution in [0.4, 0.5) is 5.69 Å². The number of benzene rings is 2. The molecule has 0 aliphatic carbocycles. The van der Waals surface area contributed by atoms with Gasteiger partial charge >= 0.3 is 0 Å². The van der Waals surface area contributed by atoms with Crippen molar-refractivity contribution in [3.63, 3.8) is 0 Å². The van der Waals surface area contributed by atoms with Crippen LogP contribution in [-0.2, 0) is 0 Å². The lowest BCUT2D eigenvalue weighted by atomic mass is 10.0. The van der Waals surface area contributed by atoms with Crippen molar-refractivity contribution < 1.29 is 4.92 Å². The molecule has 0 unspecified atom stereocenters. The minimum atomic E-state index is -0.391. The van der Waals surface area contributed by atoms with Crippen molar-refractivity contribution in [2.24, 2.45) is 0 Å². The normalized spacial score (nSPS) is 11.9. The number of aromatic nitrogens is 1. The highest BCUT2D eigenvalue weighted by Gasteiger charge is 2.11. The fraction of sp³-hybridized carbons (Fsp3) is 0.105. The number of hydrogen-bond acceptors (Lipinski definition) is 3. The van der Waals surface area contributed by atoms with Crippen molar-refractivity contribution in [1.29, 1.82) is 5.26 Å². The lowest BCUT2D eigenvalue weighted by Gasteiger charge is -2.11. The molecule has 0 aliphatic rings. The van der Waals surface area contributed by atoms with E-state index >= 15 is 0 Å². The third-order valence-corrected chi connectivity index (χ3v) is 4.21. The number of hydrogen-bond donors (Lipinski definition) is 0. The van der Waals surface area contributed by atoms with E-state index in [1.807, 2.05) is 48.9 Å². The van der Waals surface area contributed by atoms with Gasteiger partial charge in [-0.25, -0.2) is 0 Å². The molecule has 0 amide bonds. The second-order valence-electron chi connectivity index (χ2n) is 5.59. The molecule has 0 fully saturated rings. The van der Waals surface area contributed by atoms with Crippen LogP contribution in [0, 0.1) is 21.4 Å². The van der Waals surface area contributed by atoms with E-state index in [0.29, 0.717) is 5.56 Å². The Balaban J connectivity index is 2.11. The van der Waals surface area contributed by atoms with Crippen LogP contribution in [0.1, 0.15) is 25.0 Å². The van der Waals surface area contributed by atoms with E-state index < -0.39 is 4.92 Å². The Labute approximate surface area is 139 Å². The number of nitro benzene ring substituents is 1. The molecule has 3 aromatic rings. The van der Waals surface area contributed by atoms with Gasteiger partial charge in [0.1, 0.15) is 0 Å². The van der Waals surface area contributed by atoms with E-state index in [-0.39, 0.29) is 5.69 Å². The highest BCUT2D eigenvalue weighted by molar-refractivity contribution is 5.90. The number of non-ortho nitro benzene ring substituents is 1. The van der Waals surface area contributed by atoms with Crippen molar-refractivity contribution in [3.05, 3.63) is 76.0 Å². The van der Waals surface area contributed by atoms with Crippen LogP contribution >= 0.6 is 0 Å². The monoisotopic (exact) mass is 317 g/mol. The van der Waals surface area contributed by atoms with Crippen LogP contribution in [0.2, 0.25) is 0 Å². The second kappa shape index (κ2) is 6.01. The molecule has 0 radical (unpaired) electrons. The Morgan fingerprint density at radius 3 is 2.67 bits per heavy atom. The van der Waals surface area contributed by atoms with Gasteiger partial charge in [-0.2, -0.15) is 5.26 Å². The molecule has 0 saturated carbocycles. The minimum Gasteiger partial charge on any atom is -0.320 e. The Kier molecular flexibility index (Phi) is 3.88. The third kappa shape index (κ3) is 2.66. The zero-order chi connectivity index (χ0) is 17.3. The first kappa shape index (κ1) is 15.5. The highest BCUT2D eigenvalue weighted by atomic mass is 16.6. The van der Waals surface area contributed by atoms with Crippen LogP contribution < -0.4 is 0 Å². The highest BCUT2D eigenvalue weighted by Crippen LogP contribution is 2.28. The van der Waals surface area contributed by atoms with Crippen LogP contribution in [-0.4, -0.2) is 9.49 Å². The quantitative estimate of drug-likeness (QED) is 0.513. The summed E-state index contributed by atoms with van der Waals surface area (Å²) >= 11 is 0. The topological polar surface area (TPSA) is 71.9 Å². The average molecular weight is 317 g/mol. The Morgan fingerprint density at radius 1 is 1.17 bits per heavy atom. The molecular formula is C19H15N3O2. The second-order valence-corrected chi connectivity index (χ2v) is 5.59. The molecule has 0 bridgehead atoms. The summed E-state index contributed by atoms with van der Waals surface area (Å²) in [5.41, 5.74) is 4.65. The van der Waals surface area contributed by atoms with Crippen molar-refractivity contribution in [3.8, 4) is 6.07 Å². The van der Waals surface area contributed by atoms with Gasteiger partial charge < -0.3 is 4.57 Å². The molecule has 1 aromatic heterocycles. The van der Waals surface area contributed by atoms with Crippen molar-refractivity contribution in [1.82, 2.24) is 4.57 Å². The first-order valence-electron chi connectivity index (χ1n) is 7.45. The third-order valence-electron chi connectivity index (χ3n) is 4.21. The van der Waals surface area contributed by atoms with Gasteiger partial charge in [0.15, 0.2) is 0 Å². The summed E-state index contributed by atoms with van der Waals surface area (Å²) in [4.78, 5) is 10.5. The SMILES string of the molecule is C/C(=C(/C)n1ccc2cc([N+](=O)[O-])ccc21)c1cccc(C#N)c1. The van der Waals surface area contributed by atoms with Gasteiger partial charge in [-0.3, -0.25) is 10.1 Å². The number of nitro groups is 1. The summed E-state index contributed by atoms with van der Waals surface area (Å²) in [6.45, 7) is 4.00. The zero-order valence-electron chi connectivity index (χ0n) is 13.4. The minimum absolute atomic E-state index is 0.0836. The Hall–Kier alpha value is -3.39. The Morgan fingerprint density at radius 2 is 1.96 bits per heavy atom. The summed E-state index contributed by atoms with van der Waals surface area (Å²) < 4.78 is 2.01. The first-order chi connectivity index (χ1) is 11.5. The fourth-order valence-corrected chi connectivity index (χ4v) is 2.75. The molecule has 3 rings (SSSR count). The van der Waals surface area contributed by atoms with Crippen LogP contribution in [0.5, 0.6) is 0 Å². The van der Waals surface area contributed by atoms with Gasteiger partial charge in [-0.05, 0) is 49.2 Å². The van der Waals surface area contributed by atoms with Crippen LogP contribution in [0.25, 0.3) is 22.2 Å². The van der Waals surface area contributed by atoms with E-state index in [0.717, 1.165) is 27.7 Å². The van der Waals surface area contributed by atoms with E-state index in [9.17, 15) is 10.1 Å². The molecule has 5 nitrogen and oxygen atoms in total. The summed E-state index contributed by atoms with van der Waals surface area (Å²) in [5.74, 6) is 0. The molecule has 1 heterocycles. The molecule has 0 saturated heterocycles. The molecule has 5 heteroatoms. The van der Waals surface area contributed by atoms with Crippen LogP contribution in [0.15, 0.2) is 54.7 Å². The molecular weight excluding hydrogens is 302 g/mol. The number of allylic oxidation sites excluding steroid dienone is 2. The van der Waals surface area contributed by atoms with E-state index in [1.165, 1.54) is 6.07 Å². The number of fused-ring (bicyclic) bond motifs is 1. The lowest BCUT2D eigenvalue weighted by molar-refractivity contribution is -0.384. The van der Waals surface area contributed by atoms with Gasteiger partial charge in [0.25, 0.3) is 5.69 Å². The van der Waals surface area contributed by atoms with Gasteiger partial charge in [0.05, 0.1) is 22.1 Å². The maximum absolute atomic E-state index is 10.9. The van der Waals surface area contributed by atoms with E-state index in [2.05, 4.69) is 6.07 Å². The first-order valence-corrected chi connectivity index (χ1v) is 7.45. The molecule has 0 N–H and O–H groups in total. The van der Waals surface area contributed by atoms with Gasteiger partial charge in [0, 0.05) is 29.4 Å². The van der Waals surface area contributed by atoms with E-state index in [4.69, 9.17) is 5.26 Å². The summed E-state index contributed by atoms with van der Waals surface area (Å²) in [6.07, 6.45) is 1.90. The maximum atomic E-state index is 10.9. The molecule has 0 spiro atoms. The van der Waals surface area contributed by atoms with Gasteiger partial charge in [-0.1, -0.05) is 12.1 Å². The van der Waals surface area contributed by atoms with Gasteiger partial charge in [0.2, 0.25) is 0 Å². The standard InChI is InChI=1S/C19H15N3O2/c1-13(16-5-3-4-15(10-16)12-20)14(2)21-9-8-17-11-18(22(23)24)6-7-19(17)21/h3-11H,1-2H3/b14-13+. The molecule has 24 heavy (non-hydrogen) atoms. The predicted octanol–water partition coefficient (Wildman–Crippen LogP) is 4.83. The zero-order valence-corrected chi connectivity index (χ0v) is 13.4. The fourth-order valence-electron chi connectivity index (χ4n) is 2.75. The molecule has 0 aliphatic heterocycles. The predicted molar refractivity (Wildman–Crippen MR) is 94.2 cm³/mol. The average Bonchev–Trinajstić information content (AvgIpc) is 3.03.